The van der Waals surface area contributed by atoms with E-state index in [1.807, 2.05) is 13.8 Å². The largest absolute Gasteiger partial charge is 0.508 e. The highest BCUT2D eigenvalue weighted by molar-refractivity contribution is 5.98. The number of hydrogen-bond donors (Lipinski definition) is 14. The van der Waals surface area contributed by atoms with Crippen molar-refractivity contribution in [3.8, 4) is 11.5 Å². The summed E-state index contributed by atoms with van der Waals surface area (Å²) in [5.74, 6) is -6.64. The average Bonchev–Trinajstić information content (AvgIpc) is 3.93. The minimum atomic E-state index is -1.75. The lowest BCUT2D eigenvalue weighted by molar-refractivity contribution is -0.137. The molecule has 22 heteroatoms. The molecule has 22 nitrogen and oxygen atoms in total. The summed E-state index contributed by atoms with van der Waals surface area (Å²) in [5, 5.41) is 65.0. The molecule has 8 atom stereocenters. The van der Waals surface area contributed by atoms with Gasteiger partial charge < -0.3 is 74.6 Å². The van der Waals surface area contributed by atoms with E-state index in [1.165, 1.54) is 48.5 Å². The van der Waals surface area contributed by atoms with Gasteiger partial charge >= 0.3 is 0 Å². The third-order valence-electron chi connectivity index (χ3n) is 10.9. The maximum absolute atomic E-state index is 14.2. The quantitative estimate of drug-likeness (QED) is 0.0345. The number of carbonyl (C=O) groups excluding carboxylic acids is 7. The molecule has 0 saturated heterocycles. The Hall–Kier alpha value is -6.36. The average molecular weight is 927 g/mol. The fourth-order valence-electron chi connectivity index (χ4n) is 6.95. The zero-order valence-electron chi connectivity index (χ0n) is 37.9. The van der Waals surface area contributed by atoms with Crippen LogP contribution in [-0.2, 0) is 46.4 Å². The van der Waals surface area contributed by atoms with E-state index in [0.717, 1.165) is 0 Å². The molecule has 0 aromatic heterocycles. The summed E-state index contributed by atoms with van der Waals surface area (Å²) in [6.45, 7) is 6.21. The summed E-state index contributed by atoms with van der Waals surface area (Å²) in [6.07, 6.45) is 0.390. The normalized spacial score (nSPS) is 18.2. The summed E-state index contributed by atoms with van der Waals surface area (Å²) in [6, 6.07) is 2.28. The number of Topliss-reactive ketones (excluding diaryl/α,β-unsaturated/α-hetero) is 1. The van der Waals surface area contributed by atoms with Crippen LogP contribution in [0.25, 0.3) is 0 Å². The molecule has 1 fully saturated rings. The predicted molar refractivity (Wildman–Crippen MR) is 241 cm³/mol. The van der Waals surface area contributed by atoms with E-state index in [4.69, 9.17) is 17.2 Å². The molecule has 1 aliphatic carbocycles. The Morgan fingerprint density at radius 1 is 0.636 bits per heavy atom. The summed E-state index contributed by atoms with van der Waals surface area (Å²) >= 11 is 0. The van der Waals surface area contributed by atoms with Gasteiger partial charge in [0.2, 0.25) is 35.4 Å². The van der Waals surface area contributed by atoms with Crippen LogP contribution in [-0.4, -0.2) is 141 Å². The SMILES string of the molecule is CC(C)C[C@@H](NC(=O)[C@@H](CO)NC(=O)[C@@H](Cc1ccc(O)cc1)NC(=O)[C@@H](Cc1ccc(O)cc1)NC(=O)[C@@H](CO)NC(=O)[C@@H](CO)NC(=O)C1(N)C[C@@H]1CCN=C(N)N)C(=O)C(C)(C)C. The molecule has 0 aliphatic heterocycles. The molecule has 1 saturated carbocycles. The molecule has 6 amide bonds. The van der Waals surface area contributed by atoms with Crippen LogP contribution >= 0.6 is 0 Å². The molecule has 0 heterocycles. The Bertz CT molecular complexity index is 2040. The fourth-order valence-corrected chi connectivity index (χ4v) is 6.95. The standard InChI is InChI=1S/C44H66N10O12/c1-23(2)16-29(35(60)43(3,4)5)49-38(63)32(20-55)52-37(62)31(18-25-8-12-28(59)13-9-25)50-36(61)30(17-24-6-10-27(58)11-7-24)51-39(64)33(21-56)53-40(65)34(22-57)54-41(66)44(47)19-26(44)14-15-48-42(45)46/h6-13,23,26,29-34,55-59H,14-22,47H2,1-5H3,(H,49,63)(H,50,61)(H,51,64)(H,52,62)(H,53,65)(H,54,66)(H4,45,46,48)/t26-,29+,30+,31+,32+,33+,34+,44?/m0/s1. The number of nitrogens with zero attached hydrogens (tertiary/aromatic N) is 1. The van der Waals surface area contributed by atoms with Crippen LogP contribution in [0, 0.1) is 17.3 Å². The molecular formula is C44H66N10O12. The molecule has 2 aromatic rings. The lowest BCUT2D eigenvalue weighted by Gasteiger charge is -2.29. The van der Waals surface area contributed by atoms with E-state index in [0.29, 0.717) is 17.5 Å². The van der Waals surface area contributed by atoms with E-state index in [-0.39, 0.29) is 67.3 Å². The number of hydrogen-bond acceptors (Lipinski definition) is 14. The number of benzene rings is 2. The molecule has 0 bridgehead atoms. The van der Waals surface area contributed by atoms with Gasteiger partial charge in [-0.25, -0.2) is 0 Å². The number of phenolic OH excluding ortho intramolecular Hbond substituents is 2. The molecule has 17 N–H and O–H groups in total. The molecule has 2 aromatic carbocycles. The van der Waals surface area contributed by atoms with E-state index in [2.05, 4.69) is 36.9 Å². The monoisotopic (exact) mass is 926 g/mol. The van der Waals surface area contributed by atoms with Crippen molar-refractivity contribution in [3.05, 3.63) is 59.7 Å². The van der Waals surface area contributed by atoms with Gasteiger partial charge in [-0.1, -0.05) is 58.9 Å². The number of rotatable bonds is 25. The number of nitrogens with one attached hydrogen (secondary N) is 6. The molecule has 0 spiro atoms. The Morgan fingerprint density at radius 2 is 1.00 bits per heavy atom. The zero-order chi connectivity index (χ0) is 49.5. The van der Waals surface area contributed by atoms with Gasteiger partial charge in [0.1, 0.15) is 41.7 Å². The van der Waals surface area contributed by atoms with Crippen LogP contribution in [0.1, 0.15) is 65.0 Å². The minimum absolute atomic E-state index is 0.00708. The summed E-state index contributed by atoms with van der Waals surface area (Å²) in [4.78, 5) is 98.9. The van der Waals surface area contributed by atoms with Gasteiger partial charge in [0, 0.05) is 24.8 Å². The van der Waals surface area contributed by atoms with Gasteiger partial charge in [0.15, 0.2) is 11.7 Å². The third-order valence-corrected chi connectivity index (χ3v) is 10.9. The van der Waals surface area contributed by atoms with E-state index >= 15 is 0 Å². The Balaban J connectivity index is 1.85. The molecule has 1 unspecified atom stereocenters. The van der Waals surface area contributed by atoms with Crippen molar-refractivity contribution in [2.24, 2.45) is 39.4 Å². The number of nitrogens with two attached hydrogens (primary N) is 3. The maximum Gasteiger partial charge on any atom is 0.245 e. The predicted octanol–water partition coefficient (Wildman–Crippen LogP) is -3.19. The first-order valence-corrected chi connectivity index (χ1v) is 21.5. The van der Waals surface area contributed by atoms with Gasteiger partial charge in [-0.2, -0.15) is 0 Å². The number of aliphatic hydroxyl groups excluding tert-OH is 3. The molecule has 1 aliphatic rings. The van der Waals surface area contributed by atoms with Crippen molar-refractivity contribution >= 4 is 47.2 Å². The topological polar surface area (TPSA) is 383 Å². The van der Waals surface area contributed by atoms with Gasteiger partial charge in [-0.15, -0.1) is 0 Å². The minimum Gasteiger partial charge on any atom is -0.508 e. The first kappa shape index (κ1) is 54.0. The van der Waals surface area contributed by atoms with Gasteiger partial charge in [-0.3, -0.25) is 38.6 Å². The summed E-state index contributed by atoms with van der Waals surface area (Å²) < 4.78 is 0. The van der Waals surface area contributed by atoms with Crippen LogP contribution in [0.15, 0.2) is 53.5 Å². The second kappa shape index (κ2) is 24.2. The van der Waals surface area contributed by atoms with Gasteiger partial charge in [0.05, 0.1) is 31.4 Å². The Morgan fingerprint density at radius 3 is 1.36 bits per heavy atom. The highest BCUT2D eigenvalue weighted by atomic mass is 16.3. The number of phenols is 2. The first-order chi connectivity index (χ1) is 30.9. The van der Waals surface area contributed by atoms with Crippen LogP contribution in [0.2, 0.25) is 0 Å². The Kier molecular flexibility index (Phi) is 19.8. The van der Waals surface area contributed by atoms with E-state index in [9.17, 15) is 59.1 Å². The van der Waals surface area contributed by atoms with Crippen LogP contribution in [0.5, 0.6) is 11.5 Å². The van der Waals surface area contributed by atoms with Crippen molar-refractivity contribution in [3.63, 3.8) is 0 Å². The number of aliphatic imine (C=N–C) groups is 1. The van der Waals surface area contributed by atoms with Gasteiger partial charge in [0.25, 0.3) is 0 Å². The van der Waals surface area contributed by atoms with Crippen molar-refractivity contribution in [2.45, 2.75) is 109 Å². The van der Waals surface area contributed by atoms with E-state index < -0.39 is 102 Å². The zero-order valence-corrected chi connectivity index (χ0v) is 37.9. The van der Waals surface area contributed by atoms with Gasteiger partial charge in [-0.05, 0) is 66.5 Å². The molecule has 0 radical (unpaired) electrons. The fraction of sp³-hybridized carbons (Fsp3) is 0.545. The lowest BCUT2D eigenvalue weighted by Crippen LogP contribution is -2.61. The van der Waals surface area contributed by atoms with Crippen molar-refractivity contribution < 1.29 is 59.1 Å². The lowest BCUT2D eigenvalue weighted by atomic mass is 9.83. The number of amides is 6. The number of ketones is 1. The maximum atomic E-state index is 14.2. The highest BCUT2D eigenvalue weighted by Gasteiger charge is 2.57. The van der Waals surface area contributed by atoms with Crippen LogP contribution < -0.4 is 49.1 Å². The molecule has 364 valence electrons. The van der Waals surface area contributed by atoms with Crippen molar-refractivity contribution in [2.75, 3.05) is 26.4 Å². The number of carbonyl (C=O) groups is 7. The highest BCUT2D eigenvalue weighted by Crippen LogP contribution is 2.43. The van der Waals surface area contributed by atoms with E-state index in [1.54, 1.807) is 20.8 Å². The smallest absolute Gasteiger partial charge is 0.245 e. The molecule has 3 rings (SSSR count). The number of aromatic hydroxyl groups is 2. The first-order valence-electron chi connectivity index (χ1n) is 21.5. The van der Waals surface area contributed by atoms with Crippen molar-refractivity contribution in [1.82, 2.24) is 31.9 Å². The number of guanidine groups is 1. The number of aliphatic hydroxyl groups is 3. The Labute approximate surface area is 382 Å². The third kappa shape index (κ3) is 16.3. The van der Waals surface area contributed by atoms with Crippen LogP contribution in [0.4, 0.5) is 0 Å². The van der Waals surface area contributed by atoms with Crippen molar-refractivity contribution in [1.29, 1.82) is 0 Å². The second-order valence-corrected chi connectivity index (χ2v) is 17.9. The summed E-state index contributed by atoms with van der Waals surface area (Å²) in [7, 11) is 0. The second-order valence-electron chi connectivity index (χ2n) is 17.9. The van der Waals surface area contributed by atoms with Crippen LogP contribution in [0.3, 0.4) is 0 Å². The molecule has 66 heavy (non-hydrogen) atoms. The molecular weight excluding hydrogens is 861 g/mol. The summed E-state index contributed by atoms with van der Waals surface area (Å²) in [5.41, 5.74) is 15.5.